The highest BCUT2D eigenvalue weighted by atomic mass is 32.1. The van der Waals surface area contributed by atoms with Crippen LogP contribution >= 0.6 is 12.2 Å². The minimum absolute atomic E-state index is 0.643. The average Bonchev–Trinajstić information content (AvgIpc) is 2.71. The van der Waals surface area contributed by atoms with Gasteiger partial charge < -0.3 is 4.90 Å². The van der Waals surface area contributed by atoms with Crippen LogP contribution in [0.1, 0.15) is 46.0 Å². The van der Waals surface area contributed by atoms with Crippen LogP contribution in [0.25, 0.3) is 0 Å². The highest BCUT2D eigenvalue weighted by Crippen LogP contribution is 2.25. The lowest BCUT2D eigenvalue weighted by Crippen LogP contribution is -2.41. The average molecular weight is 254 g/mol. The van der Waals surface area contributed by atoms with Gasteiger partial charge in [-0.1, -0.05) is 13.3 Å². The van der Waals surface area contributed by atoms with Crippen LogP contribution in [0.3, 0.4) is 0 Å². The zero-order chi connectivity index (χ0) is 12.3. The van der Waals surface area contributed by atoms with E-state index in [0.29, 0.717) is 6.04 Å². The summed E-state index contributed by atoms with van der Waals surface area (Å²) in [7, 11) is 0. The van der Waals surface area contributed by atoms with Gasteiger partial charge in [-0.15, -0.1) is 5.10 Å². The van der Waals surface area contributed by atoms with E-state index >= 15 is 0 Å². The van der Waals surface area contributed by atoms with E-state index in [4.69, 9.17) is 12.2 Å². The first-order valence-corrected chi connectivity index (χ1v) is 7.10. The van der Waals surface area contributed by atoms with Gasteiger partial charge in [-0.2, -0.15) is 0 Å². The van der Waals surface area contributed by atoms with Crippen LogP contribution in [0.15, 0.2) is 0 Å². The van der Waals surface area contributed by atoms with Crippen molar-refractivity contribution in [2.75, 3.05) is 11.4 Å². The predicted octanol–water partition coefficient (Wildman–Crippen LogP) is 3.12. The molecule has 1 aromatic rings. The second kappa shape index (κ2) is 5.67. The molecule has 0 saturated carbocycles. The fraction of sp³-hybridized carbons (Fsp3) is 0.833. The Bertz CT molecular complexity index is 407. The normalized spacial score (nSPS) is 20.8. The maximum atomic E-state index is 5.26. The molecule has 1 aliphatic heterocycles. The summed E-state index contributed by atoms with van der Waals surface area (Å²) in [5, 5.41) is 7.34. The molecule has 1 fully saturated rings. The minimum atomic E-state index is 0.643. The molecule has 0 bridgehead atoms. The zero-order valence-corrected chi connectivity index (χ0v) is 11.6. The number of aromatic amines is 1. The van der Waals surface area contributed by atoms with Gasteiger partial charge in [-0.05, 0) is 44.8 Å². The molecule has 0 radical (unpaired) electrons. The summed E-state index contributed by atoms with van der Waals surface area (Å²) in [5.41, 5.74) is 0. The smallest absolute Gasteiger partial charge is 0.225 e. The van der Waals surface area contributed by atoms with E-state index in [9.17, 15) is 0 Å². The Kier molecular flexibility index (Phi) is 4.20. The van der Waals surface area contributed by atoms with Gasteiger partial charge in [-0.3, -0.25) is 4.57 Å². The molecule has 0 aliphatic carbocycles. The molecule has 17 heavy (non-hydrogen) atoms. The van der Waals surface area contributed by atoms with Crippen molar-refractivity contribution in [2.24, 2.45) is 0 Å². The number of rotatable bonds is 4. The van der Waals surface area contributed by atoms with Gasteiger partial charge in [0.15, 0.2) is 4.77 Å². The van der Waals surface area contributed by atoms with Crippen LogP contribution in [0.4, 0.5) is 5.95 Å². The van der Waals surface area contributed by atoms with Crippen molar-refractivity contribution < 1.29 is 0 Å². The molecule has 4 nitrogen and oxygen atoms in total. The molecule has 1 aliphatic rings. The SMILES string of the molecule is CCCC1CCCCN1c1n[nH]c(=S)n1CC. The lowest BCUT2D eigenvalue weighted by Gasteiger charge is -2.36. The Balaban J connectivity index is 2.26. The Hall–Kier alpha value is -0.840. The highest BCUT2D eigenvalue weighted by molar-refractivity contribution is 7.71. The number of nitrogens with one attached hydrogen (secondary N) is 1. The second-order valence-electron chi connectivity index (χ2n) is 4.70. The summed E-state index contributed by atoms with van der Waals surface area (Å²) in [5.74, 6) is 1.04. The third kappa shape index (κ3) is 2.54. The van der Waals surface area contributed by atoms with Gasteiger partial charge in [0.2, 0.25) is 5.95 Å². The third-order valence-electron chi connectivity index (χ3n) is 3.56. The van der Waals surface area contributed by atoms with E-state index in [1.807, 2.05) is 0 Å². The van der Waals surface area contributed by atoms with Crippen molar-refractivity contribution in [1.29, 1.82) is 0 Å². The van der Waals surface area contributed by atoms with Gasteiger partial charge in [0.1, 0.15) is 0 Å². The quantitative estimate of drug-likeness (QED) is 0.839. The molecule has 1 aromatic heterocycles. The molecular weight excluding hydrogens is 232 g/mol. The predicted molar refractivity (Wildman–Crippen MR) is 73.0 cm³/mol. The standard InChI is InChI=1S/C12H22N4S/c1-3-7-10-8-5-6-9-16(10)11-13-14-12(17)15(11)4-2/h10H,3-9H2,1-2H3,(H,14,17). The number of H-pyrrole nitrogens is 1. The Labute approximate surface area is 108 Å². The van der Waals surface area contributed by atoms with E-state index in [1.165, 1.54) is 32.1 Å². The van der Waals surface area contributed by atoms with E-state index in [2.05, 4.69) is 33.5 Å². The lowest BCUT2D eigenvalue weighted by atomic mass is 9.99. The number of hydrogen-bond donors (Lipinski definition) is 1. The van der Waals surface area contributed by atoms with Gasteiger partial charge >= 0.3 is 0 Å². The third-order valence-corrected chi connectivity index (χ3v) is 3.87. The van der Waals surface area contributed by atoms with Gasteiger partial charge in [-0.25, -0.2) is 5.10 Å². The maximum Gasteiger partial charge on any atom is 0.225 e. The first-order valence-electron chi connectivity index (χ1n) is 6.69. The van der Waals surface area contributed by atoms with E-state index in [-0.39, 0.29) is 0 Å². The Morgan fingerprint density at radius 3 is 2.94 bits per heavy atom. The van der Waals surface area contributed by atoms with Gasteiger partial charge in [0.25, 0.3) is 0 Å². The summed E-state index contributed by atoms with van der Waals surface area (Å²) in [6, 6.07) is 0.643. The molecule has 1 saturated heterocycles. The zero-order valence-electron chi connectivity index (χ0n) is 10.8. The van der Waals surface area contributed by atoms with Crippen LogP contribution in [-0.2, 0) is 6.54 Å². The molecule has 1 unspecified atom stereocenters. The molecule has 2 heterocycles. The monoisotopic (exact) mass is 254 g/mol. The van der Waals surface area contributed by atoms with Crippen molar-refractivity contribution in [3.8, 4) is 0 Å². The first kappa shape index (κ1) is 12.6. The summed E-state index contributed by atoms with van der Waals surface area (Å²) in [6.45, 7) is 6.38. The van der Waals surface area contributed by atoms with Crippen molar-refractivity contribution in [3.05, 3.63) is 4.77 Å². The topological polar surface area (TPSA) is 36.9 Å². The van der Waals surface area contributed by atoms with E-state index in [0.717, 1.165) is 23.8 Å². The summed E-state index contributed by atoms with van der Waals surface area (Å²) >= 11 is 5.26. The van der Waals surface area contributed by atoms with Crippen molar-refractivity contribution in [1.82, 2.24) is 14.8 Å². The number of aromatic nitrogens is 3. The van der Waals surface area contributed by atoms with Crippen LogP contribution in [0.2, 0.25) is 0 Å². The maximum absolute atomic E-state index is 5.26. The van der Waals surface area contributed by atoms with Crippen molar-refractivity contribution >= 4 is 18.2 Å². The number of hydrogen-bond acceptors (Lipinski definition) is 3. The van der Waals surface area contributed by atoms with Crippen LogP contribution in [0.5, 0.6) is 0 Å². The van der Waals surface area contributed by atoms with E-state index < -0.39 is 0 Å². The molecule has 1 N–H and O–H groups in total. The van der Waals surface area contributed by atoms with Gasteiger partial charge in [0.05, 0.1) is 0 Å². The summed E-state index contributed by atoms with van der Waals surface area (Å²) in [4.78, 5) is 2.45. The largest absolute Gasteiger partial charge is 0.338 e. The number of anilines is 1. The molecule has 0 spiro atoms. The number of nitrogens with zero attached hydrogens (tertiary/aromatic N) is 3. The fourth-order valence-corrected chi connectivity index (χ4v) is 2.97. The summed E-state index contributed by atoms with van der Waals surface area (Å²) < 4.78 is 2.84. The molecule has 5 heteroatoms. The van der Waals surface area contributed by atoms with Crippen LogP contribution < -0.4 is 4.90 Å². The fourth-order valence-electron chi connectivity index (χ4n) is 2.71. The highest BCUT2D eigenvalue weighted by Gasteiger charge is 2.25. The lowest BCUT2D eigenvalue weighted by molar-refractivity contribution is 0.423. The molecular formula is C12H22N4S. The number of piperidine rings is 1. The minimum Gasteiger partial charge on any atom is -0.338 e. The molecule has 0 amide bonds. The second-order valence-corrected chi connectivity index (χ2v) is 5.09. The molecule has 2 rings (SSSR count). The molecule has 96 valence electrons. The Morgan fingerprint density at radius 2 is 2.24 bits per heavy atom. The first-order chi connectivity index (χ1) is 8.27. The van der Waals surface area contributed by atoms with Crippen LogP contribution in [0, 0.1) is 4.77 Å². The van der Waals surface area contributed by atoms with Gasteiger partial charge in [0, 0.05) is 19.1 Å². The van der Waals surface area contributed by atoms with E-state index in [1.54, 1.807) is 0 Å². The van der Waals surface area contributed by atoms with Crippen molar-refractivity contribution in [3.63, 3.8) is 0 Å². The molecule has 1 atom stereocenters. The molecule has 0 aromatic carbocycles. The van der Waals surface area contributed by atoms with Crippen LogP contribution in [-0.4, -0.2) is 27.4 Å². The summed E-state index contributed by atoms with van der Waals surface area (Å²) in [6.07, 6.45) is 6.39. The van der Waals surface area contributed by atoms with Crippen molar-refractivity contribution in [2.45, 2.75) is 58.5 Å². The Morgan fingerprint density at radius 1 is 1.41 bits per heavy atom.